The molecule has 146 valence electrons. The van der Waals surface area contributed by atoms with Crippen LogP contribution in [0.5, 0.6) is 11.5 Å². The number of rotatable bonds is 8. The molecular formula is C16H14N4O8. The lowest BCUT2D eigenvalue weighted by Crippen LogP contribution is -2.45. The molecule has 0 aromatic heterocycles. The van der Waals surface area contributed by atoms with Gasteiger partial charge in [-0.1, -0.05) is 0 Å². The fourth-order valence-corrected chi connectivity index (χ4v) is 1.84. The summed E-state index contributed by atoms with van der Waals surface area (Å²) in [6, 6.07) is 10.2. The van der Waals surface area contributed by atoms with E-state index in [2.05, 4.69) is 10.9 Å². The maximum atomic E-state index is 11.6. The average molecular weight is 390 g/mol. The number of carbonyl (C=O) groups excluding carboxylic acids is 2. The Kier molecular flexibility index (Phi) is 6.80. The quantitative estimate of drug-likeness (QED) is 0.500. The van der Waals surface area contributed by atoms with Gasteiger partial charge in [-0.25, -0.2) is 0 Å². The van der Waals surface area contributed by atoms with Gasteiger partial charge in [-0.3, -0.25) is 40.7 Å². The molecule has 0 fully saturated rings. The predicted molar refractivity (Wildman–Crippen MR) is 93.5 cm³/mol. The number of ether oxygens (including phenoxy) is 2. The van der Waals surface area contributed by atoms with Crippen LogP contribution in [0.25, 0.3) is 0 Å². The molecule has 0 aliphatic heterocycles. The SMILES string of the molecule is O=C(COc1ccc([N+](=O)[O-])cc1)NNC(=O)COc1ccc([N+](=O)[O-])cc1. The van der Waals surface area contributed by atoms with E-state index in [1.807, 2.05) is 0 Å². The van der Waals surface area contributed by atoms with Gasteiger partial charge >= 0.3 is 0 Å². The van der Waals surface area contributed by atoms with Crippen LogP contribution in [0.15, 0.2) is 48.5 Å². The van der Waals surface area contributed by atoms with Crippen LogP contribution in [-0.2, 0) is 9.59 Å². The number of non-ortho nitro benzene ring substituents is 2. The minimum Gasteiger partial charge on any atom is -0.484 e. The normalized spacial score (nSPS) is 9.86. The molecule has 0 aliphatic rings. The third-order valence-corrected chi connectivity index (χ3v) is 3.18. The molecule has 0 radical (unpaired) electrons. The average Bonchev–Trinajstić information content (AvgIpc) is 2.69. The molecule has 0 bridgehead atoms. The van der Waals surface area contributed by atoms with Gasteiger partial charge in [-0.05, 0) is 24.3 Å². The van der Waals surface area contributed by atoms with Gasteiger partial charge in [0.15, 0.2) is 13.2 Å². The van der Waals surface area contributed by atoms with Crippen LogP contribution in [0.4, 0.5) is 11.4 Å². The Morgan fingerprint density at radius 3 is 1.32 bits per heavy atom. The zero-order valence-corrected chi connectivity index (χ0v) is 14.2. The first kappa shape index (κ1) is 20.1. The highest BCUT2D eigenvalue weighted by molar-refractivity contribution is 5.83. The molecule has 2 aromatic rings. The lowest BCUT2D eigenvalue weighted by Gasteiger charge is -2.09. The molecule has 12 heteroatoms. The van der Waals surface area contributed by atoms with Crippen molar-refractivity contribution in [2.75, 3.05) is 13.2 Å². The zero-order chi connectivity index (χ0) is 20.5. The molecule has 2 N–H and O–H groups in total. The van der Waals surface area contributed by atoms with E-state index in [9.17, 15) is 29.8 Å². The van der Waals surface area contributed by atoms with Crippen LogP contribution in [0, 0.1) is 20.2 Å². The lowest BCUT2D eigenvalue weighted by molar-refractivity contribution is -0.385. The van der Waals surface area contributed by atoms with E-state index in [0.29, 0.717) is 0 Å². The molecule has 0 heterocycles. The molecular weight excluding hydrogens is 376 g/mol. The Labute approximate surface area is 157 Å². The van der Waals surface area contributed by atoms with E-state index >= 15 is 0 Å². The van der Waals surface area contributed by atoms with Gasteiger partial charge in [-0.2, -0.15) is 0 Å². The second-order valence-corrected chi connectivity index (χ2v) is 5.18. The molecule has 2 rings (SSSR count). The number of amides is 2. The Hall–Kier alpha value is -4.22. The third-order valence-electron chi connectivity index (χ3n) is 3.18. The lowest BCUT2D eigenvalue weighted by atomic mass is 10.3. The molecule has 12 nitrogen and oxygen atoms in total. The van der Waals surface area contributed by atoms with Gasteiger partial charge in [-0.15, -0.1) is 0 Å². The molecule has 0 atom stereocenters. The van der Waals surface area contributed by atoms with Crippen molar-refractivity contribution in [3.05, 3.63) is 68.8 Å². The number of nitro groups is 2. The van der Waals surface area contributed by atoms with E-state index in [0.717, 1.165) is 0 Å². The molecule has 0 saturated heterocycles. The van der Waals surface area contributed by atoms with Gasteiger partial charge < -0.3 is 9.47 Å². The van der Waals surface area contributed by atoms with E-state index in [1.54, 1.807) is 0 Å². The summed E-state index contributed by atoms with van der Waals surface area (Å²) in [4.78, 5) is 43.2. The highest BCUT2D eigenvalue weighted by atomic mass is 16.6. The molecule has 0 saturated carbocycles. The minimum atomic E-state index is -0.665. The minimum absolute atomic E-state index is 0.114. The number of hydrogen-bond donors (Lipinski definition) is 2. The fraction of sp³-hybridized carbons (Fsp3) is 0.125. The number of nitro benzene ring substituents is 2. The van der Waals surface area contributed by atoms with Gasteiger partial charge in [0.25, 0.3) is 23.2 Å². The molecule has 28 heavy (non-hydrogen) atoms. The molecule has 2 amide bonds. The largest absolute Gasteiger partial charge is 0.484 e. The van der Waals surface area contributed by atoms with Crippen molar-refractivity contribution in [2.45, 2.75) is 0 Å². The number of hydrazine groups is 1. The van der Waals surface area contributed by atoms with Gasteiger partial charge in [0, 0.05) is 24.3 Å². The summed E-state index contributed by atoms with van der Waals surface area (Å²) in [6.07, 6.45) is 0. The van der Waals surface area contributed by atoms with Crippen LogP contribution < -0.4 is 20.3 Å². The van der Waals surface area contributed by atoms with Gasteiger partial charge in [0.1, 0.15) is 11.5 Å². The Morgan fingerprint density at radius 1 is 0.714 bits per heavy atom. The van der Waals surface area contributed by atoms with Crippen LogP contribution in [0.1, 0.15) is 0 Å². The second kappa shape index (κ2) is 9.47. The molecule has 2 aromatic carbocycles. The van der Waals surface area contributed by atoms with Crippen LogP contribution in [0.2, 0.25) is 0 Å². The number of carbonyl (C=O) groups is 2. The summed E-state index contributed by atoms with van der Waals surface area (Å²) >= 11 is 0. The monoisotopic (exact) mass is 390 g/mol. The summed E-state index contributed by atoms with van der Waals surface area (Å²) in [6.45, 7) is -0.859. The fourth-order valence-electron chi connectivity index (χ4n) is 1.84. The topological polar surface area (TPSA) is 163 Å². The summed E-state index contributed by atoms with van der Waals surface area (Å²) in [5, 5.41) is 21.1. The molecule has 0 spiro atoms. The Morgan fingerprint density at radius 2 is 1.04 bits per heavy atom. The first-order valence-electron chi connectivity index (χ1n) is 7.67. The number of nitrogens with zero attached hydrogens (tertiary/aromatic N) is 2. The molecule has 0 unspecified atom stereocenters. The standard InChI is InChI=1S/C16H14N4O8/c21-15(9-27-13-5-1-11(2-6-13)19(23)24)17-18-16(22)10-28-14-7-3-12(4-8-14)20(25)26/h1-8H,9-10H2,(H,17,21)(H,18,22). The van der Waals surface area contributed by atoms with Crippen molar-refractivity contribution in [1.29, 1.82) is 0 Å². The highest BCUT2D eigenvalue weighted by Crippen LogP contribution is 2.17. The number of hydrogen-bond acceptors (Lipinski definition) is 8. The Balaban J connectivity index is 1.68. The third kappa shape index (κ3) is 6.25. The van der Waals surface area contributed by atoms with E-state index in [4.69, 9.17) is 9.47 Å². The highest BCUT2D eigenvalue weighted by Gasteiger charge is 2.09. The predicted octanol–water partition coefficient (Wildman–Crippen LogP) is 1.11. The summed E-state index contributed by atoms with van der Waals surface area (Å²) in [5.41, 5.74) is 3.98. The summed E-state index contributed by atoms with van der Waals surface area (Å²) in [5.74, 6) is -0.841. The van der Waals surface area contributed by atoms with Crippen molar-refractivity contribution in [1.82, 2.24) is 10.9 Å². The van der Waals surface area contributed by atoms with E-state index in [1.165, 1.54) is 48.5 Å². The second-order valence-electron chi connectivity index (χ2n) is 5.18. The Bertz CT molecular complexity index is 794. The van der Waals surface area contributed by atoms with E-state index in [-0.39, 0.29) is 22.9 Å². The van der Waals surface area contributed by atoms with Crippen molar-refractivity contribution in [2.24, 2.45) is 0 Å². The van der Waals surface area contributed by atoms with Gasteiger partial charge in [0.2, 0.25) is 0 Å². The number of benzene rings is 2. The maximum absolute atomic E-state index is 11.6. The summed E-state index contributed by atoms with van der Waals surface area (Å²) in [7, 11) is 0. The van der Waals surface area contributed by atoms with Crippen molar-refractivity contribution in [3.63, 3.8) is 0 Å². The van der Waals surface area contributed by atoms with Crippen molar-refractivity contribution >= 4 is 23.2 Å². The maximum Gasteiger partial charge on any atom is 0.276 e. The van der Waals surface area contributed by atoms with Crippen LogP contribution in [0.3, 0.4) is 0 Å². The molecule has 0 aliphatic carbocycles. The van der Waals surface area contributed by atoms with E-state index < -0.39 is 34.9 Å². The number of nitrogens with one attached hydrogen (secondary N) is 2. The smallest absolute Gasteiger partial charge is 0.276 e. The van der Waals surface area contributed by atoms with Crippen LogP contribution in [-0.4, -0.2) is 34.9 Å². The first-order chi connectivity index (χ1) is 13.3. The summed E-state index contributed by atoms with van der Waals surface area (Å²) < 4.78 is 10.2. The first-order valence-corrected chi connectivity index (χ1v) is 7.67. The van der Waals surface area contributed by atoms with Gasteiger partial charge in [0.05, 0.1) is 9.85 Å². The zero-order valence-electron chi connectivity index (χ0n) is 14.2. The van der Waals surface area contributed by atoms with Crippen LogP contribution >= 0.6 is 0 Å². The van der Waals surface area contributed by atoms with Crippen molar-refractivity contribution in [3.8, 4) is 11.5 Å². The van der Waals surface area contributed by atoms with Crippen molar-refractivity contribution < 1.29 is 28.9 Å².